The first-order chi connectivity index (χ1) is 13.8. The van der Waals surface area contributed by atoms with Crippen molar-refractivity contribution in [3.8, 4) is 17.2 Å². The smallest absolute Gasteiger partial charge is 0.268 e. The van der Waals surface area contributed by atoms with Crippen LogP contribution in [0, 0.1) is 0 Å². The second kappa shape index (κ2) is 8.26. The maximum atomic E-state index is 12.7. The van der Waals surface area contributed by atoms with Crippen molar-refractivity contribution < 1.29 is 23.8 Å². The number of carbonyl (C=O) groups is 2. The standard InChI is InChI=1S/C22H24N2O5/c1-13(2)12-24-19-10-16(6-7-20(19)29-14(3)22(24)26)23-21(25)15-8-17(27-4)11-18(9-15)28-5/h6-11,14H,1,12H2,2-5H3,(H,23,25). The van der Waals surface area contributed by atoms with Crippen LogP contribution < -0.4 is 24.4 Å². The van der Waals surface area contributed by atoms with Gasteiger partial charge in [0.25, 0.3) is 11.8 Å². The number of amides is 2. The van der Waals surface area contributed by atoms with Gasteiger partial charge in [0, 0.05) is 23.9 Å². The molecule has 0 spiro atoms. The van der Waals surface area contributed by atoms with E-state index in [1.165, 1.54) is 14.2 Å². The lowest BCUT2D eigenvalue weighted by Gasteiger charge is -2.33. The molecule has 0 saturated heterocycles. The minimum absolute atomic E-state index is 0.151. The summed E-state index contributed by atoms with van der Waals surface area (Å²) in [6.07, 6.45) is -0.577. The van der Waals surface area contributed by atoms with E-state index in [4.69, 9.17) is 14.2 Å². The molecule has 7 nitrogen and oxygen atoms in total. The summed E-state index contributed by atoms with van der Waals surface area (Å²) in [5, 5.41) is 2.84. The molecule has 2 aromatic carbocycles. The van der Waals surface area contributed by atoms with Crippen LogP contribution >= 0.6 is 0 Å². The molecule has 2 amide bonds. The number of ether oxygens (including phenoxy) is 3. The third kappa shape index (κ3) is 4.34. The molecule has 7 heteroatoms. The fraction of sp³-hybridized carbons (Fsp3) is 0.273. The minimum Gasteiger partial charge on any atom is -0.497 e. The average molecular weight is 396 g/mol. The highest BCUT2D eigenvalue weighted by Crippen LogP contribution is 2.37. The molecule has 0 aliphatic carbocycles. The molecule has 0 fully saturated rings. The molecule has 1 atom stereocenters. The lowest BCUT2D eigenvalue weighted by Crippen LogP contribution is -2.45. The molecule has 0 saturated carbocycles. The number of hydrogen-bond donors (Lipinski definition) is 1. The van der Waals surface area contributed by atoms with E-state index in [2.05, 4.69) is 11.9 Å². The van der Waals surface area contributed by atoms with Gasteiger partial charge in [0.1, 0.15) is 17.2 Å². The maximum Gasteiger partial charge on any atom is 0.268 e. The number of anilines is 2. The lowest BCUT2D eigenvalue weighted by atomic mass is 10.1. The zero-order chi connectivity index (χ0) is 21.1. The molecule has 1 heterocycles. The molecule has 3 rings (SSSR count). The first-order valence-corrected chi connectivity index (χ1v) is 9.13. The molecule has 0 radical (unpaired) electrons. The van der Waals surface area contributed by atoms with Crippen LogP contribution in [0.25, 0.3) is 0 Å². The van der Waals surface area contributed by atoms with E-state index in [1.54, 1.807) is 48.2 Å². The first kappa shape index (κ1) is 20.3. The summed E-state index contributed by atoms with van der Waals surface area (Å²) in [6, 6.07) is 10.1. The van der Waals surface area contributed by atoms with E-state index in [0.717, 1.165) is 5.57 Å². The van der Waals surface area contributed by atoms with E-state index in [-0.39, 0.29) is 11.8 Å². The van der Waals surface area contributed by atoms with Gasteiger partial charge >= 0.3 is 0 Å². The van der Waals surface area contributed by atoms with E-state index in [9.17, 15) is 9.59 Å². The molecule has 0 aromatic heterocycles. The largest absolute Gasteiger partial charge is 0.497 e. The van der Waals surface area contributed by atoms with E-state index >= 15 is 0 Å². The van der Waals surface area contributed by atoms with E-state index < -0.39 is 6.10 Å². The van der Waals surface area contributed by atoms with Crippen LogP contribution in [0.2, 0.25) is 0 Å². The number of carbonyl (C=O) groups excluding carboxylic acids is 2. The van der Waals surface area contributed by atoms with Crippen LogP contribution in [0.1, 0.15) is 24.2 Å². The van der Waals surface area contributed by atoms with Crippen LogP contribution in [-0.4, -0.2) is 38.7 Å². The van der Waals surface area contributed by atoms with Crippen molar-refractivity contribution in [3.05, 3.63) is 54.1 Å². The Bertz CT molecular complexity index is 947. The molecule has 1 N–H and O–H groups in total. The Hall–Kier alpha value is -3.48. The predicted octanol–water partition coefficient (Wildman–Crippen LogP) is 3.65. The Morgan fingerprint density at radius 2 is 1.83 bits per heavy atom. The van der Waals surface area contributed by atoms with Crippen molar-refractivity contribution >= 4 is 23.2 Å². The van der Waals surface area contributed by atoms with Crippen molar-refractivity contribution in [2.24, 2.45) is 0 Å². The van der Waals surface area contributed by atoms with Crippen LogP contribution in [-0.2, 0) is 4.79 Å². The van der Waals surface area contributed by atoms with Gasteiger partial charge in [-0.3, -0.25) is 9.59 Å². The lowest BCUT2D eigenvalue weighted by molar-refractivity contribution is -0.125. The highest BCUT2D eigenvalue weighted by atomic mass is 16.5. The molecule has 152 valence electrons. The monoisotopic (exact) mass is 396 g/mol. The van der Waals surface area contributed by atoms with Crippen LogP contribution in [0.3, 0.4) is 0 Å². The summed E-state index contributed by atoms with van der Waals surface area (Å²) in [4.78, 5) is 26.9. The number of hydrogen-bond acceptors (Lipinski definition) is 5. The van der Waals surface area contributed by atoms with Crippen LogP contribution in [0.4, 0.5) is 11.4 Å². The number of fused-ring (bicyclic) bond motifs is 1. The fourth-order valence-corrected chi connectivity index (χ4v) is 3.06. The van der Waals surface area contributed by atoms with Gasteiger partial charge in [-0.05, 0) is 44.2 Å². The highest BCUT2D eigenvalue weighted by Gasteiger charge is 2.31. The predicted molar refractivity (Wildman–Crippen MR) is 111 cm³/mol. The van der Waals surface area contributed by atoms with Crippen LogP contribution in [0.5, 0.6) is 17.2 Å². The second-order valence-corrected chi connectivity index (χ2v) is 6.88. The summed E-state index contributed by atoms with van der Waals surface area (Å²) in [5.41, 5.74) is 2.36. The summed E-state index contributed by atoms with van der Waals surface area (Å²) in [5.74, 6) is 1.13. The topological polar surface area (TPSA) is 77.1 Å². The minimum atomic E-state index is -0.577. The number of methoxy groups -OCH3 is 2. The zero-order valence-electron chi connectivity index (χ0n) is 16.9. The van der Waals surface area contributed by atoms with Crippen molar-refractivity contribution in [2.45, 2.75) is 20.0 Å². The highest BCUT2D eigenvalue weighted by molar-refractivity contribution is 6.06. The Balaban J connectivity index is 1.90. The normalized spacial score (nSPS) is 15.2. The third-order valence-corrected chi connectivity index (χ3v) is 4.47. The average Bonchev–Trinajstić information content (AvgIpc) is 2.71. The molecule has 1 aliphatic heterocycles. The third-order valence-electron chi connectivity index (χ3n) is 4.47. The maximum absolute atomic E-state index is 12.7. The van der Waals surface area contributed by atoms with E-state index in [1.807, 2.05) is 6.92 Å². The van der Waals surface area contributed by atoms with Crippen molar-refractivity contribution in [3.63, 3.8) is 0 Å². The van der Waals surface area contributed by atoms with Gasteiger partial charge in [0.05, 0.1) is 19.9 Å². The Morgan fingerprint density at radius 3 is 2.41 bits per heavy atom. The summed E-state index contributed by atoms with van der Waals surface area (Å²) < 4.78 is 16.1. The van der Waals surface area contributed by atoms with Gasteiger partial charge in [-0.25, -0.2) is 0 Å². The number of rotatable bonds is 6. The number of nitrogens with zero attached hydrogens (tertiary/aromatic N) is 1. The van der Waals surface area contributed by atoms with Gasteiger partial charge < -0.3 is 24.4 Å². The summed E-state index contributed by atoms with van der Waals surface area (Å²) >= 11 is 0. The van der Waals surface area contributed by atoms with Gasteiger partial charge in [0.15, 0.2) is 6.10 Å². The quantitative estimate of drug-likeness (QED) is 0.755. The second-order valence-electron chi connectivity index (χ2n) is 6.88. The van der Waals surface area contributed by atoms with Gasteiger partial charge in [-0.2, -0.15) is 0 Å². The fourth-order valence-electron chi connectivity index (χ4n) is 3.06. The zero-order valence-corrected chi connectivity index (χ0v) is 16.9. The molecule has 29 heavy (non-hydrogen) atoms. The molecular formula is C22H24N2O5. The number of benzene rings is 2. The molecular weight excluding hydrogens is 372 g/mol. The molecule has 2 aromatic rings. The molecule has 1 aliphatic rings. The van der Waals surface area contributed by atoms with Crippen molar-refractivity contribution in [1.82, 2.24) is 0 Å². The Morgan fingerprint density at radius 1 is 1.17 bits per heavy atom. The van der Waals surface area contributed by atoms with Gasteiger partial charge in [0.2, 0.25) is 0 Å². The first-order valence-electron chi connectivity index (χ1n) is 9.13. The molecule has 1 unspecified atom stereocenters. The van der Waals surface area contributed by atoms with Gasteiger partial charge in [-0.1, -0.05) is 12.2 Å². The molecule has 0 bridgehead atoms. The Labute approximate surface area is 169 Å². The number of nitrogens with one attached hydrogen (secondary N) is 1. The van der Waals surface area contributed by atoms with Crippen molar-refractivity contribution in [2.75, 3.05) is 31.0 Å². The SMILES string of the molecule is C=C(C)CN1C(=O)C(C)Oc2ccc(NC(=O)c3cc(OC)cc(OC)c3)cc21. The summed E-state index contributed by atoms with van der Waals surface area (Å²) in [7, 11) is 3.04. The Kier molecular flexibility index (Phi) is 5.77. The van der Waals surface area contributed by atoms with Gasteiger partial charge in [-0.15, -0.1) is 0 Å². The summed E-state index contributed by atoms with van der Waals surface area (Å²) in [6.45, 7) is 7.84. The van der Waals surface area contributed by atoms with E-state index in [0.29, 0.717) is 40.7 Å². The van der Waals surface area contributed by atoms with Crippen molar-refractivity contribution in [1.29, 1.82) is 0 Å². The van der Waals surface area contributed by atoms with Crippen LogP contribution in [0.15, 0.2) is 48.6 Å².